The van der Waals surface area contributed by atoms with E-state index >= 15 is 0 Å². The average molecular weight is 360 g/mol. The molecule has 1 aromatic carbocycles. The van der Waals surface area contributed by atoms with E-state index in [-0.39, 0.29) is 11.8 Å². The van der Waals surface area contributed by atoms with Crippen molar-refractivity contribution in [3.63, 3.8) is 0 Å². The number of aryl methyl sites for hydroxylation is 1. The molecule has 0 aliphatic heterocycles. The zero-order chi connectivity index (χ0) is 19.4. The Morgan fingerprint density at radius 3 is 2.58 bits per heavy atom. The molecule has 1 amide bonds. The van der Waals surface area contributed by atoms with E-state index in [4.69, 9.17) is 4.74 Å². The minimum absolute atomic E-state index is 0.140. The number of carbonyl (C=O) groups is 2. The highest BCUT2D eigenvalue weighted by Gasteiger charge is 2.26. The summed E-state index contributed by atoms with van der Waals surface area (Å²) in [6.07, 6.45) is 0.678. The van der Waals surface area contributed by atoms with Gasteiger partial charge in [-0.25, -0.2) is 4.79 Å². The van der Waals surface area contributed by atoms with Gasteiger partial charge in [0.15, 0.2) is 0 Å². The summed E-state index contributed by atoms with van der Waals surface area (Å²) < 4.78 is 7.36. The van der Waals surface area contributed by atoms with Gasteiger partial charge in [-0.05, 0) is 43.5 Å². The first kappa shape index (κ1) is 20.0. The van der Waals surface area contributed by atoms with Gasteiger partial charge < -0.3 is 19.7 Å². The van der Waals surface area contributed by atoms with Crippen LogP contribution in [-0.4, -0.2) is 41.3 Å². The van der Waals surface area contributed by atoms with Gasteiger partial charge in [0.25, 0.3) is 5.91 Å². The number of carbonyl (C=O) groups excluding carboxylic acids is 1. The molecule has 6 heteroatoms. The van der Waals surface area contributed by atoms with Crippen LogP contribution in [0.4, 0.5) is 0 Å². The molecule has 0 saturated carbocycles. The van der Waals surface area contributed by atoms with Crippen molar-refractivity contribution in [3.05, 3.63) is 35.0 Å². The number of methoxy groups -OCH3 is 1. The molecule has 6 nitrogen and oxygen atoms in total. The largest absolute Gasteiger partial charge is 0.480 e. The highest BCUT2D eigenvalue weighted by Crippen LogP contribution is 2.26. The van der Waals surface area contributed by atoms with E-state index in [2.05, 4.69) is 9.88 Å². The van der Waals surface area contributed by atoms with Gasteiger partial charge in [0.2, 0.25) is 0 Å². The lowest BCUT2D eigenvalue weighted by molar-refractivity contribution is -0.140. The fraction of sp³-hybridized carbons (Fsp3) is 0.500. The third-order valence-corrected chi connectivity index (χ3v) is 5.19. The Labute approximate surface area is 154 Å². The quantitative estimate of drug-likeness (QED) is 0.758. The molecule has 0 bridgehead atoms. The van der Waals surface area contributed by atoms with Crippen molar-refractivity contribution in [2.45, 2.75) is 46.7 Å². The van der Waals surface area contributed by atoms with Crippen molar-refractivity contribution >= 4 is 22.8 Å². The number of ether oxygens (including phenoxy) is 1. The van der Waals surface area contributed by atoms with Crippen LogP contribution in [0.5, 0.6) is 0 Å². The number of rotatable bonds is 8. The van der Waals surface area contributed by atoms with Gasteiger partial charge in [-0.3, -0.25) is 4.79 Å². The zero-order valence-corrected chi connectivity index (χ0v) is 16.1. The normalized spacial score (nSPS) is 13.6. The van der Waals surface area contributed by atoms with E-state index in [1.165, 1.54) is 0 Å². The molecule has 2 aromatic rings. The average Bonchev–Trinajstić information content (AvgIpc) is 2.87. The number of aliphatic carboxylic acids is 1. The molecule has 2 rings (SSSR count). The first-order valence-corrected chi connectivity index (χ1v) is 8.93. The van der Waals surface area contributed by atoms with Crippen LogP contribution in [0.1, 0.15) is 41.9 Å². The van der Waals surface area contributed by atoms with E-state index in [1.807, 2.05) is 39.8 Å². The first-order chi connectivity index (χ1) is 12.3. The summed E-state index contributed by atoms with van der Waals surface area (Å²) in [6.45, 7) is 9.17. The van der Waals surface area contributed by atoms with E-state index in [9.17, 15) is 14.7 Å². The van der Waals surface area contributed by atoms with Crippen LogP contribution in [0.3, 0.4) is 0 Å². The van der Waals surface area contributed by atoms with Crippen molar-refractivity contribution in [1.82, 2.24) is 9.88 Å². The molecule has 0 aliphatic rings. The molecular formula is C20H28N2O4. The van der Waals surface area contributed by atoms with Crippen LogP contribution in [0.25, 0.3) is 10.9 Å². The van der Waals surface area contributed by atoms with Crippen molar-refractivity contribution in [3.8, 4) is 0 Å². The van der Waals surface area contributed by atoms with Crippen molar-refractivity contribution in [2.24, 2.45) is 5.92 Å². The van der Waals surface area contributed by atoms with E-state index in [1.54, 1.807) is 13.2 Å². The van der Waals surface area contributed by atoms with E-state index < -0.39 is 12.0 Å². The highest BCUT2D eigenvalue weighted by atomic mass is 16.5. The number of hydrogen-bond donors (Lipinski definition) is 2. The Hall–Kier alpha value is -2.34. The lowest BCUT2D eigenvalue weighted by Crippen LogP contribution is -2.45. The molecule has 0 fully saturated rings. The molecule has 142 valence electrons. The Kier molecular flexibility index (Phi) is 6.42. The van der Waals surface area contributed by atoms with Gasteiger partial charge in [-0.2, -0.15) is 0 Å². The predicted octanol–water partition coefficient (Wildman–Crippen LogP) is 3.13. The summed E-state index contributed by atoms with van der Waals surface area (Å²) in [5, 5.41) is 13.0. The third-order valence-electron chi connectivity index (χ3n) is 5.19. The molecule has 1 aromatic heterocycles. The lowest BCUT2D eigenvalue weighted by atomic mass is 9.98. The summed E-state index contributed by atoms with van der Waals surface area (Å²) in [7, 11) is 1.67. The van der Waals surface area contributed by atoms with Crippen molar-refractivity contribution < 1.29 is 19.4 Å². The minimum atomic E-state index is -1.01. The van der Waals surface area contributed by atoms with Crippen molar-refractivity contribution in [2.75, 3.05) is 13.7 Å². The van der Waals surface area contributed by atoms with Crippen LogP contribution in [-0.2, 0) is 16.1 Å². The van der Waals surface area contributed by atoms with Crippen LogP contribution in [0.2, 0.25) is 0 Å². The second-order valence-electron chi connectivity index (χ2n) is 6.76. The molecule has 0 radical (unpaired) electrons. The summed E-state index contributed by atoms with van der Waals surface area (Å²) >= 11 is 0. The molecule has 0 spiro atoms. The molecule has 0 unspecified atom stereocenters. The lowest BCUT2D eigenvalue weighted by Gasteiger charge is -2.20. The number of aromatic nitrogens is 1. The predicted molar refractivity (Wildman–Crippen MR) is 102 cm³/mol. The topological polar surface area (TPSA) is 80.6 Å². The fourth-order valence-corrected chi connectivity index (χ4v) is 3.17. The highest BCUT2D eigenvalue weighted by molar-refractivity contribution is 6.00. The van der Waals surface area contributed by atoms with Gasteiger partial charge in [-0.1, -0.05) is 20.3 Å². The molecule has 26 heavy (non-hydrogen) atoms. The summed E-state index contributed by atoms with van der Waals surface area (Å²) in [5.41, 5.74) is 3.77. The summed E-state index contributed by atoms with van der Waals surface area (Å²) in [6, 6.07) is 4.61. The first-order valence-electron chi connectivity index (χ1n) is 8.93. The molecule has 0 aliphatic carbocycles. The zero-order valence-electron chi connectivity index (χ0n) is 16.1. The maximum atomic E-state index is 12.6. The number of hydrogen-bond acceptors (Lipinski definition) is 3. The van der Waals surface area contributed by atoms with Crippen LogP contribution in [0, 0.1) is 19.8 Å². The van der Waals surface area contributed by atoms with Gasteiger partial charge >= 0.3 is 5.97 Å². The number of fused-ring (bicyclic) bond motifs is 1. The number of nitrogens with zero attached hydrogens (tertiary/aromatic N) is 1. The second kappa shape index (κ2) is 8.36. The Bertz CT molecular complexity index is 810. The molecule has 0 saturated heterocycles. The molecular weight excluding hydrogens is 332 g/mol. The van der Waals surface area contributed by atoms with Crippen LogP contribution < -0.4 is 5.32 Å². The maximum Gasteiger partial charge on any atom is 0.326 e. The SMILES string of the molecule is CC[C@H](C)[C@H](NC(=O)c1ccc2c(c1)c(C)c(C)n2CCOC)C(=O)O. The van der Waals surface area contributed by atoms with Gasteiger partial charge in [0.1, 0.15) is 6.04 Å². The Morgan fingerprint density at radius 1 is 1.31 bits per heavy atom. The number of benzene rings is 1. The molecule has 1 heterocycles. The van der Waals surface area contributed by atoms with Gasteiger partial charge in [0, 0.05) is 35.8 Å². The fourth-order valence-electron chi connectivity index (χ4n) is 3.17. The number of nitrogens with one attached hydrogen (secondary N) is 1. The maximum absolute atomic E-state index is 12.6. The van der Waals surface area contributed by atoms with Crippen LogP contribution in [0.15, 0.2) is 18.2 Å². The van der Waals surface area contributed by atoms with Crippen LogP contribution >= 0.6 is 0 Å². The minimum Gasteiger partial charge on any atom is -0.480 e. The van der Waals surface area contributed by atoms with Gasteiger partial charge in [-0.15, -0.1) is 0 Å². The van der Waals surface area contributed by atoms with Crippen molar-refractivity contribution in [1.29, 1.82) is 0 Å². The Morgan fingerprint density at radius 2 is 2.00 bits per heavy atom. The standard InChI is InChI=1S/C20H28N2O4/c1-6-12(2)18(20(24)25)21-19(23)15-7-8-17-16(11-15)13(3)14(4)22(17)9-10-26-5/h7-8,11-12,18H,6,9-10H2,1-5H3,(H,21,23)(H,24,25)/t12-,18-/m0/s1. The molecule has 2 N–H and O–H groups in total. The third kappa shape index (κ3) is 3.90. The van der Waals surface area contributed by atoms with E-state index in [0.29, 0.717) is 18.6 Å². The summed E-state index contributed by atoms with van der Waals surface area (Å²) in [4.78, 5) is 24.0. The summed E-state index contributed by atoms with van der Waals surface area (Å²) in [5.74, 6) is -1.51. The smallest absolute Gasteiger partial charge is 0.326 e. The van der Waals surface area contributed by atoms with Gasteiger partial charge in [0.05, 0.1) is 6.61 Å². The monoisotopic (exact) mass is 360 g/mol. The Balaban J connectivity index is 2.34. The number of carboxylic acid groups (broad SMARTS) is 1. The second-order valence-corrected chi connectivity index (χ2v) is 6.76. The number of carboxylic acids is 1. The number of amides is 1. The molecule has 2 atom stereocenters. The van der Waals surface area contributed by atoms with E-state index in [0.717, 1.165) is 28.7 Å².